The first-order valence-electron chi connectivity index (χ1n) is 12.1. The van der Waals surface area contributed by atoms with Crippen LogP contribution in [0.1, 0.15) is 55.2 Å². The van der Waals surface area contributed by atoms with Crippen LogP contribution in [-0.4, -0.2) is 27.4 Å². The van der Waals surface area contributed by atoms with Gasteiger partial charge in [0.1, 0.15) is 5.82 Å². The van der Waals surface area contributed by atoms with Gasteiger partial charge in [-0.05, 0) is 59.4 Å². The maximum absolute atomic E-state index is 14.3. The zero-order chi connectivity index (χ0) is 25.1. The van der Waals surface area contributed by atoms with E-state index in [1.165, 1.54) is 25.3 Å². The first kappa shape index (κ1) is 24.0. The number of pyridine rings is 1. The Bertz CT molecular complexity index is 1350. The molecule has 2 heterocycles. The van der Waals surface area contributed by atoms with E-state index in [-0.39, 0.29) is 11.0 Å². The molecular formula is C28H26F4N4. The molecular weight excluding hydrogens is 468 g/mol. The van der Waals surface area contributed by atoms with Gasteiger partial charge in [-0.3, -0.25) is 5.10 Å². The van der Waals surface area contributed by atoms with Crippen LogP contribution >= 0.6 is 0 Å². The largest absolute Gasteiger partial charge is 0.393 e. The summed E-state index contributed by atoms with van der Waals surface area (Å²) in [6, 6.07) is 17.2. The van der Waals surface area contributed by atoms with Gasteiger partial charge in [-0.15, -0.1) is 0 Å². The van der Waals surface area contributed by atoms with Gasteiger partial charge in [-0.2, -0.15) is 22.7 Å². The van der Waals surface area contributed by atoms with Crippen LogP contribution in [0.15, 0.2) is 66.9 Å². The fourth-order valence-corrected chi connectivity index (χ4v) is 4.91. The first-order valence-corrected chi connectivity index (χ1v) is 12.1. The monoisotopic (exact) mass is 494 g/mol. The number of hydrogen-bond donors (Lipinski definition) is 2. The van der Waals surface area contributed by atoms with Gasteiger partial charge in [0.05, 0.1) is 17.3 Å². The van der Waals surface area contributed by atoms with Crippen molar-refractivity contribution in [3.63, 3.8) is 0 Å². The molecule has 0 aliphatic heterocycles. The predicted molar refractivity (Wildman–Crippen MR) is 134 cm³/mol. The molecule has 1 aliphatic carbocycles. The van der Waals surface area contributed by atoms with Crippen molar-refractivity contribution in [3.05, 3.63) is 89.5 Å². The lowest BCUT2D eigenvalue weighted by Crippen LogP contribution is -2.22. The minimum atomic E-state index is -4.45. The Hall–Kier alpha value is -3.68. The number of nitrogens with one attached hydrogen (secondary N) is 2. The van der Waals surface area contributed by atoms with Gasteiger partial charge >= 0.3 is 6.18 Å². The normalized spacial score (nSPS) is 15.7. The topological polar surface area (TPSA) is 53.6 Å². The van der Waals surface area contributed by atoms with Crippen LogP contribution in [0.4, 0.5) is 23.4 Å². The minimum absolute atomic E-state index is 0.0983. The van der Waals surface area contributed by atoms with Gasteiger partial charge in [0, 0.05) is 17.8 Å². The third-order valence-corrected chi connectivity index (χ3v) is 6.61. The van der Waals surface area contributed by atoms with Crippen molar-refractivity contribution in [1.82, 2.24) is 15.2 Å². The molecule has 1 aliphatic rings. The molecule has 1 saturated carbocycles. The van der Waals surface area contributed by atoms with Crippen LogP contribution in [0.2, 0.25) is 0 Å². The Balaban J connectivity index is 1.64. The van der Waals surface area contributed by atoms with Crippen molar-refractivity contribution in [2.45, 2.75) is 50.7 Å². The summed E-state index contributed by atoms with van der Waals surface area (Å²) in [5.41, 5.74) is 2.29. The number of benzene rings is 2. The highest BCUT2D eigenvalue weighted by Gasteiger charge is 2.31. The fourth-order valence-electron chi connectivity index (χ4n) is 4.91. The van der Waals surface area contributed by atoms with E-state index in [9.17, 15) is 17.6 Å². The Morgan fingerprint density at radius 2 is 1.67 bits per heavy atom. The second kappa shape index (κ2) is 10.1. The zero-order valence-corrected chi connectivity index (χ0v) is 19.6. The van der Waals surface area contributed by atoms with Crippen LogP contribution in [0.25, 0.3) is 22.0 Å². The third kappa shape index (κ3) is 5.42. The number of halogens is 4. The first-order chi connectivity index (χ1) is 17.4. The van der Waals surface area contributed by atoms with Crippen molar-refractivity contribution < 1.29 is 17.6 Å². The van der Waals surface area contributed by atoms with E-state index >= 15 is 0 Å². The van der Waals surface area contributed by atoms with E-state index in [1.54, 1.807) is 60.8 Å². The van der Waals surface area contributed by atoms with Gasteiger partial charge in [0.25, 0.3) is 0 Å². The number of nitrogens with zero attached hydrogens (tertiary/aromatic N) is 2. The molecule has 1 fully saturated rings. The molecule has 8 heteroatoms. The van der Waals surface area contributed by atoms with Crippen LogP contribution in [0.5, 0.6) is 0 Å². The van der Waals surface area contributed by atoms with E-state index in [0.717, 1.165) is 12.8 Å². The summed E-state index contributed by atoms with van der Waals surface area (Å²) >= 11 is 0. The quantitative estimate of drug-likeness (QED) is 0.213. The SMILES string of the molecule is Fc1[nH]nc2ccc(/C(=C(\CC(F)(F)F)c3ccccc3)c3ccc(NC4CCCCC4)nc3)cc12. The van der Waals surface area contributed by atoms with Gasteiger partial charge in [0.15, 0.2) is 0 Å². The lowest BCUT2D eigenvalue weighted by molar-refractivity contribution is -0.122. The molecule has 0 amide bonds. The van der Waals surface area contributed by atoms with E-state index < -0.39 is 18.5 Å². The number of hydrogen-bond acceptors (Lipinski definition) is 3. The average molecular weight is 495 g/mol. The Morgan fingerprint density at radius 3 is 2.36 bits per heavy atom. The summed E-state index contributed by atoms with van der Waals surface area (Å²) in [5.74, 6) is 0.0619. The molecule has 186 valence electrons. The Morgan fingerprint density at radius 1 is 0.917 bits per heavy atom. The molecule has 0 atom stereocenters. The molecule has 4 nitrogen and oxygen atoms in total. The molecule has 0 saturated heterocycles. The maximum atomic E-state index is 14.3. The van der Waals surface area contributed by atoms with E-state index in [1.807, 2.05) is 0 Å². The second-order valence-corrected chi connectivity index (χ2v) is 9.19. The van der Waals surface area contributed by atoms with Gasteiger partial charge in [0.2, 0.25) is 5.95 Å². The van der Waals surface area contributed by atoms with Crippen molar-refractivity contribution in [1.29, 1.82) is 0 Å². The van der Waals surface area contributed by atoms with Crippen molar-refractivity contribution in [2.24, 2.45) is 0 Å². The second-order valence-electron chi connectivity index (χ2n) is 9.19. The lowest BCUT2D eigenvalue weighted by atomic mass is 9.88. The highest BCUT2D eigenvalue weighted by molar-refractivity contribution is 6.00. The highest BCUT2D eigenvalue weighted by Crippen LogP contribution is 2.40. The van der Waals surface area contributed by atoms with Crippen molar-refractivity contribution >= 4 is 27.9 Å². The minimum Gasteiger partial charge on any atom is -0.367 e. The Kier molecular flexibility index (Phi) is 6.76. The van der Waals surface area contributed by atoms with E-state index in [2.05, 4.69) is 20.5 Å². The smallest absolute Gasteiger partial charge is 0.367 e. The summed E-state index contributed by atoms with van der Waals surface area (Å²) in [5, 5.41) is 9.86. The number of fused-ring (bicyclic) bond motifs is 1. The molecule has 2 aromatic carbocycles. The van der Waals surface area contributed by atoms with Crippen molar-refractivity contribution in [3.8, 4) is 0 Å². The van der Waals surface area contributed by atoms with Crippen LogP contribution in [0.3, 0.4) is 0 Å². The van der Waals surface area contributed by atoms with E-state index in [0.29, 0.717) is 39.6 Å². The molecule has 5 rings (SSSR count). The number of allylic oxidation sites excluding steroid dienone is 1. The number of anilines is 1. The van der Waals surface area contributed by atoms with Gasteiger partial charge in [-0.25, -0.2) is 4.98 Å². The third-order valence-electron chi connectivity index (χ3n) is 6.61. The molecule has 0 spiro atoms. The number of aromatic amines is 1. The molecule has 4 aromatic rings. The molecule has 0 unspecified atom stereocenters. The predicted octanol–water partition coefficient (Wildman–Crippen LogP) is 7.75. The zero-order valence-electron chi connectivity index (χ0n) is 19.6. The summed E-state index contributed by atoms with van der Waals surface area (Å²) in [6.07, 6.45) is 1.75. The average Bonchev–Trinajstić information content (AvgIpc) is 3.25. The number of aromatic nitrogens is 3. The molecule has 2 N–H and O–H groups in total. The summed E-state index contributed by atoms with van der Waals surface area (Å²) in [6.45, 7) is 0. The fraction of sp³-hybridized carbons (Fsp3) is 0.286. The van der Waals surface area contributed by atoms with Crippen LogP contribution < -0.4 is 5.32 Å². The number of rotatable bonds is 6. The molecule has 36 heavy (non-hydrogen) atoms. The van der Waals surface area contributed by atoms with Crippen molar-refractivity contribution in [2.75, 3.05) is 5.32 Å². The lowest BCUT2D eigenvalue weighted by Gasteiger charge is -2.23. The molecule has 0 radical (unpaired) electrons. The highest BCUT2D eigenvalue weighted by atomic mass is 19.4. The summed E-state index contributed by atoms with van der Waals surface area (Å²) in [4.78, 5) is 4.54. The van der Waals surface area contributed by atoms with E-state index in [4.69, 9.17) is 0 Å². The number of H-pyrrole nitrogens is 1. The van der Waals surface area contributed by atoms with Gasteiger partial charge < -0.3 is 5.32 Å². The summed E-state index contributed by atoms with van der Waals surface area (Å²) in [7, 11) is 0. The maximum Gasteiger partial charge on any atom is 0.393 e. The molecule has 2 aromatic heterocycles. The molecule has 0 bridgehead atoms. The summed E-state index contributed by atoms with van der Waals surface area (Å²) < 4.78 is 55.8. The van der Waals surface area contributed by atoms with Crippen LogP contribution in [0, 0.1) is 5.95 Å². The van der Waals surface area contributed by atoms with Crippen LogP contribution in [-0.2, 0) is 0 Å². The standard InChI is InChI=1S/C28H26F4N4/c29-27-22-15-19(11-13-24(22)35-36-27)26(23(16-28(30,31)32)18-7-3-1-4-8-18)20-12-14-25(33-17-20)34-21-9-5-2-6-10-21/h1,3-4,7-8,11-15,17,21H,2,5-6,9-10,16H2,(H,33,34)(H,35,36)/b26-23-. The number of alkyl halides is 3. The van der Waals surface area contributed by atoms with Gasteiger partial charge in [-0.1, -0.05) is 55.7 Å². The Labute approximate surface area is 206 Å².